The molecule has 1 fully saturated rings. The van der Waals surface area contributed by atoms with E-state index in [0.29, 0.717) is 55.3 Å². The van der Waals surface area contributed by atoms with Gasteiger partial charge in [-0.15, -0.1) is 0 Å². The smallest absolute Gasteiger partial charge is 0.255 e. The number of rotatable bonds is 5. The van der Waals surface area contributed by atoms with Crippen LogP contribution in [0.2, 0.25) is 0 Å². The Morgan fingerprint density at radius 2 is 2.24 bits per heavy atom. The molecule has 5 rings (SSSR count). The molecule has 38 heavy (non-hydrogen) atoms. The third kappa shape index (κ3) is 4.74. The Labute approximate surface area is 221 Å². The summed E-state index contributed by atoms with van der Waals surface area (Å²) >= 11 is 0. The maximum absolute atomic E-state index is 13.0. The summed E-state index contributed by atoms with van der Waals surface area (Å²) in [6.07, 6.45) is 5.34. The van der Waals surface area contributed by atoms with Crippen molar-refractivity contribution in [2.45, 2.75) is 19.4 Å². The molecule has 1 unspecified atom stereocenters. The van der Waals surface area contributed by atoms with Gasteiger partial charge in [0.2, 0.25) is 5.91 Å². The quantitative estimate of drug-likeness (QED) is 0.359. The number of aromatic amines is 1. The number of hydrogen-bond donors (Lipinski definition) is 3. The zero-order valence-electron chi connectivity index (χ0n) is 21.4. The fraction of sp³-hybridized carbons (Fsp3) is 0.276. The molecule has 1 saturated heterocycles. The number of ether oxygens (including phenoxy) is 2. The van der Waals surface area contributed by atoms with E-state index in [-0.39, 0.29) is 11.8 Å². The van der Waals surface area contributed by atoms with Crippen molar-refractivity contribution in [3.05, 3.63) is 71.7 Å². The van der Waals surface area contributed by atoms with Crippen molar-refractivity contribution in [3.8, 4) is 28.8 Å². The van der Waals surface area contributed by atoms with E-state index in [1.807, 2.05) is 31.2 Å². The summed E-state index contributed by atoms with van der Waals surface area (Å²) in [5, 5.41) is 6.41. The second kappa shape index (κ2) is 10.8. The lowest BCUT2D eigenvalue weighted by Crippen LogP contribution is -2.47. The van der Waals surface area contributed by atoms with Crippen LogP contribution in [-0.4, -0.2) is 66.1 Å². The van der Waals surface area contributed by atoms with Crippen LogP contribution in [0.1, 0.15) is 27.2 Å². The molecule has 4 heterocycles. The van der Waals surface area contributed by atoms with Gasteiger partial charge < -0.3 is 30.0 Å². The van der Waals surface area contributed by atoms with Gasteiger partial charge in [0, 0.05) is 43.2 Å². The Morgan fingerprint density at radius 1 is 1.37 bits per heavy atom. The van der Waals surface area contributed by atoms with E-state index in [1.54, 1.807) is 24.4 Å². The standard InChI is InChI=1S/C29H29N5O4/c1-4-24(35)34-14-15-38-17-20(34)9-8-19-16-30-12-10-21(19)26-27(25-22(32-26)11-13-31-29(25)36)33-23-7-5-6-18(2)28(23)37-3/h4-7,10,12,16,20,32-33H,1,11,13-15,17H2,2-3H3,(H,31,36). The average molecular weight is 512 g/mol. The first-order valence-electron chi connectivity index (χ1n) is 12.4. The fourth-order valence-corrected chi connectivity index (χ4v) is 4.84. The number of methoxy groups -OCH3 is 1. The van der Waals surface area contributed by atoms with Crippen LogP contribution in [0.4, 0.5) is 11.4 Å². The molecule has 1 atom stereocenters. The molecule has 1 aromatic carbocycles. The van der Waals surface area contributed by atoms with Crippen molar-refractivity contribution in [1.82, 2.24) is 20.2 Å². The number of morpholine rings is 1. The summed E-state index contributed by atoms with van der Waals surface area (Å²) in [5.41, 5.74) is 5.92. The zero-order chi connectivity index (χ0) is 26.6. The van der Waals surface area contributed by atoms with E-state index in [9.17, 15) is 9.59 Å². The normalized spacial score (nSPS) is 16.5. The number of fused-ring (bicyclic) bond motifs is 1. The maximum atomic E-state index is 13.0. The summed E-state index contributed by atoms with van der Waals surface area (Å²) in [4.78, 5) is 34.8. The van der Waals surface area contributed by atoms with Gasteiger partial charge in [0.1, 0.15) is 11.8 Å². The van der Waals surface area contributed by atoms with Gasteiger partial charge in [-0.3, -0.25) is 14.6 Å². The molecule has 2 aliphatic rings. The number of nitrogens with one attached hydrogen (secondary N) is 3. The third-order valence-electron chi connectivity index (χ3n) is 6.69. The lowest BCUT2D eigenvalue weighted by Gasteiger charge is -2.31. The highest BCUT2D eigenvalue weighted by molar-refractivity contribution is 6.06. The molecule has 2 aromatic heterocycles. The molecule has 9 heteroatoms. The van der Waals surface area contributed by atoms with Crippen molar-refractivity contribution in [1.29, 1.82) is 0 Å². The van der Waals surface area contributed by atoms with Gasteiger partial charge in [-0.25, -0.2) is 0 Å². The summed E-state index contributed by atoms with van der Waals surface area (Å²) in [6, 6.07) is 7.28. The molecule has 3 aromatic rings. The number of anilines is 2. The first-order valence-corrected chi connectivity index (χ1v) is 12.4. The van der Waals surface area contributed by atoms with Crippen LogP contribution in [0.5, 0.6) is 5.75 Å². The number of amides is 2. The number of para-hydroxylation sites is 1. The minimum Gasteiger partial charge on any atom is -0.494 e. The Bertz CT molecular complexity index is 1470. The van der Waals surface area contributed by atoms with Crippen LogP contribution in [0.25, 0.3) is 11.3 Å². The highest BCUT2D eigenvalue weighted by Gasteiger charge is 2.29. The van der Waals surface area contributed by atoms with Crippen molar-refractivity contribution in [2.75, 3.05) is 38.7 Å². The third-order valence-corrected chi connectivity index (χ3v) is 6.69. The van der Waals surface area contributed by atoms with Crippen molar-refractivity contribution in [3.63, 3.8) is 0 Å². The lowest BCUT2D eigenvalue weighted by atomic mass is 10.0. The summed E-state index contributed by atoms with van der Waals surface area (Å²) in [5.74, 6) is 6.77. The zero-order valence-corrected chi connectivity index (χ0v) is 21.4. The fourth-order valence-electron chi connectivity index (χ4n) is 4.84. The molecular weight excluding hydrogens is 482 g/mol. The van der Waals surface area contributed by atoms with E-state index in [0.717, 1.165) is 28.2 Å². The Morgan fingerprint density at radius 3 is 3.05 bits per heavy atom. The van der Waals surface area contributed by atoms with E-state index < -0.39 is 6.04 Å². The molecule has 194 valence electrons. The Hall–Kier alpha value is -4.55. The Kier molecular flexibility index (Phi) is 7.15. The molecule has 0 aliphatic carbocycles. The van der Waals surface area contributed by atoms with E-state index >= 15 is 0 Å². The second-order valence-electron chi connectivity index (χ2n) is 9.03. The minimum absolute atomic E-state index is 0.150. The molecule has 2 amide bonds. The summed E-state index contributed by atoms with van der Waals surface area (Å²) < 4.78 is 11.2. The lowest BCUT2D eigenvalue weighted by molar-refractivity contribution is -0.132. The van der Waals surface area contributed by atoms with Gasteiger partial charge >= 0.3 is 0 Å². The van der Waals surface area contributed by atoms with E-state index in [2.05, 4.69) is 39.0 Å². The minimum atomic E-state index is -0.404. The average Bonchev–Trinajstić information content (AvgIpc) is 3.31. The molecule has 0 saturated carbocycles. The van der Waals surface area contributed by atoms with Gasteiger partial charge in [0.15, 0.2) is 0 Å². The number of nitrogens with zero attached hydrogens (tertiary/aromatic N) is 2. The number of carbonyl (C=O) groups excluding carboxylic acids is 2. The van der Waals surface area contributed by atoms with Crippen LogP contribution in [0.3, 0.4) is 0 Å². The Balaban J connectivity index is 1.60. The maximum Gasteiger partial charge on any atom is 0.255 e. The number of aromatic nitrogens is 2. The van der Waals surface area contributed by atoms with E-state index in [4.69, 9.17) is 9.47 Å². The van der Waals surface area contributed by atoms with Gasteiger partial charge in [-0.2, -0.15) is 0 Å². The van der Waals surface area contributed by atoms with Crippen LogP contribution in [-0.2, 0) is 16.0 Å². The second-order valence-corrected chi connectivity index (χ2v) is 9.03. The summed E-state index contributed by atoms with van der Waals surface area (Å²) in [6.45, 7) is 7.35. The van der Waals surface area contributed by atoms with Crippen LogP contribution in [0, 0.1) is 18.8 Å². The molecule has 0 radical (unpaired) electrons. The number of hydrogen-bond acceptors (Lipinski definition) is 6. The van der Waals surface area contributed by atoms with Gasteiger partial charge in [0.05, 0.1) is 48.5 Å². The first kappa shape index (κ1) is 25.1. The first-order chi connectivity index (χ1) is 18.5. The highest BCUT2D eigenvalue weighted by atomic mass is 16.5. The number of benzene rings is 1. The van der Waals surface area contributed by atoms with Crippen LogP contribution < -0.4 is 15.4 Å². The van der Waals surface area contributed by atoms with Crippen LogP contribution >= 0.6 is 0 Å². The molecule has 3 N–H and O–H groups in total. The molecular formula is C29H29N5O4. The molecule has 0 bridgehead atoms. The number of carbonyl (C=O) groups is 2. The number of pyridine rings is 1. The number of H-pyrrole nitrogens is 1. The summed E-state index contributed by atoms with van der Waals surface area (Å²) in [7, 11) is 1.62. The van der Waals surface area contributed by atoms with Crippen LogP contribution in [0.15, 0.2) is 49.3 Å². The van der Waals surface area contributed by atoms with Gasteiger partial charge in [-0.1, -0.05) is 30.6 Å². The SMILES string of the molecule is C=CC(=O)N1CCOCC1C#Cc1cnccc1-c1[nH]c2c(c1Nc1cccc(C)c1OC)C(=O)NCC2. The predicted octanol–water partition coefficient (Wildman–Crippen LogP) is 3.19. The molecule has 2 aliphatic heterocycles. The monoisotopic (exact) mass is 511 g/mol. The molecule has 9 nitrogen and oxygen atoms in total. The van der Waals surface area contributed by atoms with Gasteiger partial charge in [0.25, 0.3) is 5.91 Å². The number of aryl methyl sites for hydroxylation is 1. The highest BCUT2D eigenvalue weighted by Crippen LogP contribution is 2.40. The largest absolute Gasteiger partial charge is 0.494 e. The van der Waals surface area contributed by atoms with Crippen molar-refractivity contribution >= 4 is 23.2 Å². The topological polar surface area (TPSA) is 109 Å². The molecule has 0 spiro atoms. The predicted molar refractivity (Wildman–Crippen MR) is 144 cm³/mol. The van der Waals surface area contributed by atoms with Gasteiger partial charge in [-0.05, 0) is 30.7 Å². The van der Waals surface area contributed by atoms with Crippen molar-refractivity contribution < 1.29 is 19.1 Å². The van der Waals surface area contributed by atoms with E-state index in [1.165, 1.54) is 6.08 Å². The van der Waals surface area contributed by atoms with Crippen molar-refractivity contribution in [2.24, 2.45) is 0 Å².